The number of rotatable bonds is 2. The highest BCUT2D eigenvalue weighted by atomic mass is 16.2. The fourth-order valence-corrected chi connectivity index (χ4v) is 2.44. The first-order valence-corrected chi connectivity index (χ1v) is 6.88. The van der Waals surface area contributed by atoms with Crippen molar-refractivity contribution < 1.29 is 4.79 Å². The molecule has 1 aromatic heterocycles. The van der Waals surface area contributed by atoms with Crippen LogP contribution in [0.3, 0.4) is 0 Å². The lowest BCUT2D eigenvalue weighted by Crippen LogP contribution is -2.20. The molecule has 2 aliphatic rings. The van der Waals surface area contributed by atoms with Gasteiger partial charge in [-0.2, -0.15) is 4.99 Å². The zero-order valence-corrected chi connectivity index (χ0v) is 11.6. The largest absolute Gasteiger partial charge is 0.306 e. The molecule has 3 heterocycles. The van der Waals surface area contributed by atoms with E-state index in [-0.39, 0.29) is 5.91 Å². The first-order valence-electron chi connectivity index (χ1n) is 6.88. The van der Waals surface area contributed by atoms with E-state index >= 15 is 0 Å². The maximum absolute atomic E-state index is 12.0. The summed E-state index contributed by atoms with van der Waals surface area (Å²) in [5.74, 6) is 0.443. The van der Waals surface area contributed by atoms with Crippen LogP contribution in [0.5, 0.6) is 0 Å². The Morgan fingerprint density at radius 1 is 1.09 bits per heavy atom. The molecule has 5 nitrogen and oxygen atoms in total. The third kappa shape index (κ3) is 2.09. The number of allylic oxidation sites excluding steroid dienone is 2. The minimum absolute atomic E-state index is 0.218. The Morgan fingerprint density at radius 2 is 1.95 bits per heavy atom. The number of aliphatic imine (C=N–C) groups is 1. The molecule has 0 spiro atoms. The summed E-state index contributed by atoms with van der Waals surface area (Å²) in [7, 11) is 0. The molecular formula is C17H12N4O. The summed E-state index contributed by atoms with van der Waals surface area (Å²) in [4.78, 5) is 21.9. The number of hydrogen-bond donors (Lipinski definition) is 0. The van der Waals surface area contributed by atoms with E-state index in [2.05, 4.69) is 9.98 Å². The zero-order chi connectivity index (χ0) is 14.9. The Kier molecular flexibility index (Phi) is 2.83. The van der Waals surface area contributed by atoms with Gasteiger partial charge >= 0.3 is 0 Å². The van der Waals surface area contributed by atoms with Crippen molar-refractivity contribution in [1.82, 2.24) is 14.5 Å². The standard InChI is InChI=1S/C17H12N4O/c22-17-15(21-9-2-1-3-16(21)19-17)11-13-4-6-14(7-5-13)20-10-8-18-12-20/h1-12H/b15-11+. The van der Waals surface area contributed by atoms with Crippen LogP contribution in [0.4, 0.5) is 0 Å². The van der Waals surface area contributed by atoms with Gasteiger partial charge in [0.2, 0.25) is 0 Å². The summed E-state index contributed by atoms with van der Waals surface area (Å²) in [6, 6.07) is 7.91. The van der Waals surface area contributed by atoms with E-state index in [1.165, 1.54) is 0 Å². The molecule has 0 unspecified atom stereocenters. The van der Waals surface area contributed by atoms with E-state index in [0.717, 1.165) is 11.3 Å². The Labute approximate surface area is 127 Å². The summed E-state index contributed by atoms with van der Waals surface area (Å²) in [6.45, 7) is 0. The Morgan fingerprint density at radius 3 is 2.73 bits per heavy atom. The number of benzene rings is 1. The second-order valence-corrected chi connectivity index (χ2v) is 4.94. The van der Waals surface area contributed by atoms with Gasteiger partial charge in [-0.25, -0.2) is 4.98 Å². The van der Waals surface area contributed by atoms with Crippen molar-refractivity contribution in [3.05, 3.63) is 78.7 Å². The normalized spacial score (nSPS) is 18.0. The number of amidine groups is 1. The van der Waals surface area contributed by atoms with Crippen molar-refractivity contribution in [2.75, 3.05) is 0 Å². The number of aromatic nitrogens is 2. The van der Waals surface area contributed by atoms with Crippen molar-refractivity contribution in [3.8, 4) is 5.69 Å². The lowest BCUT2D eigenvalue weighted by Gasteiger charge is -2.16. The quantitative estimate of drug-likeness (QED) is 0.798. The van der Waals surface area contributed by atoms with Crippen LogP contribution < -0.4 is 0 Å². The maximum atomic E-state index is 12.0. The van der Waals surface area contributed by atoms with Crippen molar-refractivity contribution in [2.45, 2.75) is 0 Å². The molecule has 2 aromatic rings. The second-order valence-electron chi connectivity index (χ2n) is 4.94. The van der Waals surface area contributed by atoms with E-state index in [9.17, 15) is 4.79 Å². The lowest BCUT2D eigenvalue weighted by molar-refractivity contribution is -0.114. The highest BCUT2D eigenvalue weighted by Gasteiger charge is 2.27. The number of imidazole rings is 1. The van der Waals surface area contributed by atoms with Crippen LogP contribution >= 0.6 is 0 Å². The second kappa shape index (κ2) is 4.96. The molecule has 106 valence electrons. The molecule has 1 aromatic carbocycles. The molecule has 1 amide bonds. The fourth-order valence-electron chi connectivity index (χ4n) is 2.44. The summed E-state index contributed by atoms with van der Waals surface area (Å²) in [6.07, 6.45) is 14.6. The van der Waals surface area contributed by atoms with Crippen molar-refractivity contribution >= 4 is 17.8 Å². The van der Waals surface area contributed by atoms with Crippen LogP contribution in [0.15, 0.2) is 78.1 Å². The van der Waals surface area contributed by atoms with Gasteiger partial charge in [-0.15, -0.1) is 0 Å². The smallest absolute Gasteiger partial charge is 0.295 e. The van der Waals surface area contributed by atoms with Crippen LogP contribution in [0.1, 0.15) is 5.56 Å². The number of amides is 1. The van der Waals surface area contributed by atoms with Gasteiger partial charge in [0.05, 0.1) is 6.33 Å². The van der Waals surface area contributed by atoms with Gasteiger partial charge in [0.1, 0.15) is 11.5 Å². The molecule has 0 N–H and O–H groups in total. The van der Waals surface area contributed by atoms with Gasteiger partial charge in [0, 0.05) is 24.3 Å². The summed E-state index contributed by atoms with van der Waals surface area (Å²) in [5, 5.41) is 0. The van der Waals surface area contributed by atoms with E-state index in [0.29, 0.717) is 11.5 Å². The average Bonchev–Trinajstić information content (AvgIpc) is 3.17. The number of carbonyl (C=O) groups excluding carboxylic acids is 1. The molecule has 0 saturated carbocycles. The number of hydrogen-bond acceptors (Lipinski definition) is 3. The number of fused-ring (bicyclic) bond motifs is 1. The monoisotopic (exact) mass is 288 g/mol. The predicted molar refractivity (Wildman–Crippen MR) is 84.1 cm³/mol. The summed E-state index contributed by atoms with van der Waals surface area (Å²) in [5.41, 5.74) is 2.53. The zero-order valence-electron chi connectivity index (χ0n) is 11.6. The molecular weight excluding hydrogens is 276 g/mol. The van der Waals surface area contributed by atoms with Gasteiger partial charge < -0.3 is 4.57 Å². The summed E-state index contributed by atoms with van der Waals surface area (Å²) >= 11 is 0. The fraction of sp³-hybridized carbons (Fsp3) is 0. The molecule has 2 aliphatic heterocycles. The van der Waals surface area contributed by atoms with Crippen LogP contribution in [-0.4, -0.2) is 26.2 Å². The van der Waals surface area contributed by atoms with E-state index in [4.69, 9.17) is 0 Å². The van der Waals surface area contributed by atoms with Crippen LogP contribution in [0.25, 0.3) is 11.8 Å². The van der Waals surface area contributed by atoms with Crippen LogP contribution in [0, 0.1) is 0 Å². The Bertz CT molecular complexity index is 839. The average molecular weight is 288 g/mol. The van der Waals surface area contributed by atoms with E-state index in [1.807, 2.05) is 65.5 Å². The van der Waals surface area contributed by atoms with Crippen LogP contribution in [0.2, 0.25) is 0 Å². The molecule has 0 aliphatic carbocycles. The predicted octanol–water partition coefficient (Wildman–Crippen LogP) is 2.54. The first-order chi connectivity index (χ1) is 10.8. The molecule has 0 radical (unpaired) electrons. The number of carbonyl (C=O) groups is 1. The van der Waals surface area contributed by atoms with Gasteiger partial charge in [-0.05, 0) is 35.9 Å². The lowest BCUT2D eigenvalue weighted by atomic mass is 10.1. The van der Waals surface area contributed by atoms with Gasteiger partial charge in [0.15, 0.2) is 0 Å². The molecule has 5 heteroatoms. The van der Waals surface area contributed by atoms with Crippen molar-refractivity contribution in [2.24, 2.45) is 4.99 Å². The molecule has 0 fully saturated rings. The van der Waals surface area contributed by atoms with Crippen molar-refractivity contribution in [1.29, 1.82) is 0 Å². The molecule has 0 bridgehead atoms. The van der Waals surface area contributed by atoms with Gasteiger partial charge in [-0.1, -0.05) is 18.2 Å². The van der Waals surface area contributed by atoms with Gasteiger partial charge in [0.25, 0.3) is 5.91 Å². The Balaban J connectivity index is 1.65. The van der Waals surface area contributed by atoms with Gasteiger partial charge in [-0.3, -0.25) is 9.69 Å². The first kappa shape index (κ1) is 12.5. The summed E-state index contributed by atoms with van der Waals surface area (Å²) < 4.78 is 1.93. The third-order valence-corrected chi connectivity index (χ3v) is 3.53. The third-order valence-electron chi connectivity index (χ3n) is 3.53. The van der Waals surface area contributed by atoms with E-state index in [1.54, 1.807) is 17.4 Å². The highest BCUT2D eigenvalue weighted by Crippen LogP contribution is 2.23. The molecule has 0 saturated heterocycles. The topological polar surface area (TPSA) is 50.5 Å². The Hall–Kier alpha value is -3.21. The number of nitrogens with zero attached hydrogens (tertiary/aromatic N) is 4. The molecule has 0 atom stereocenters. The minimum Gasteiger partial charge on any atom is -0.306 e. The molecule has 22 heavy (non-hydrogen) atoms. The maximum Gasteiger partial charge on any atom is 0.295 e. The highest BCUT2D eigenvalue weighted by molar-refractivity contribution is 6.17. The SMILES string of the molecule is O=C1N=C2C=CC=CN2/C1=C/c1ccc(-n2ccnc2)cc1. The van der Waals surface area contributed by atoms with Crippen LogP contribution in [-0.2, 0) is 4.79 Å². The molecule has 4 rings (SSSR count). The van der Waals surface area contributed by atoms with E-state index < -0.39 is 0 Å². The van der Waals surface area contributed by atoms with Crippen molar-refractivity contribution in [3.63, 3.8) is 0 Å². The minimum atomic E-state index is -0.218.